The summed E-state index contributed by atoms with van der Waals surface area (Å²) in [5, 5.41) is 7.44. The van der Waals surface area contributed by atoms with E-state index in [-0.39, 0.29) is 5.82 Å². The van der Waals surface area contributed by atoms with Crippen LogP contribution in [0, 0.1) is 5.82 Å². The number of halogens is 1. The predicted octanol–water partition coefficient (Wildman–Crippen LogP) is 2.46. The number of nitrogens with two attached hydrogens (primary N) is 1. The molecule has 1 aromatic heterocycles. The zero-order chi connectivity index (χ0) is 14.0. The van der Waals surface area contributed by atoms with Crippen LogP contribution >= 0.6 is 0 Å². The molecule has 0 aliphatic carbocycles. The summed E-state index contributed by atoms with van der Waals surface area (Å²) in [7, 11) is 3.29. The second-order valence-electron chi connectivity index (χ2n) is 4.16. The molecule has 0 radical (unpaired) electrons. The molecule has 0 spiro atoms. The third-order valence-electron chi connectivity index (χ3n) is 2.91. The number of benzene rings is 1. The van der Waals surface area contributed by atoms with Gasteiger partial charge in [0.05, 0.1) is 24.2 Å². The lowest BCUT2D eigenvalue weighted by Gasteiger charge is -2.11. The minimum Gasteiger partial charge on any atom is -0.494 e. The van der Waals surface area contributed by atoms with Crippen molar-refractivity contribution in [2.75, 3.05) is 18.2 Å². The molecule has 0 bridgehead atoms. The first-order chi connectivity index (χ1) is 9.06. The van der Waals surface area contributed by atoms with Crippen molar-refractivity contribution in [2.24, 2.45) is 7.05 Å². The van der Waals surface area contributed by atoms with E-state index in [2.05, 4.69) is 10.4 Å². The van der Waals surface area contributed by atoms with Crippen LogP contribution in [0.2, 0.25) is 0 Å². The average Bonchev–Trinajstić information content (AvgIpc) is 2.67. The SMILES string of the molecule is CCc1nn(C)c(Nc2ccc(F)cc2OC)c1N. The molecule has 0 saturated heterocycles. The van der Waals surface area contributed by atoms with Crippen molar-refractivity contribution in [3.8, 4) is 5.75 Å². The predicted molar refractivity (Wildman–Crippen MR) is 73.2 cm³/mol. The summed E-state index contributed by atoms with van der Waals surface area (Å²) in [6.07, 6.45) is 0.752. The largest absolute Gasteiger partial charge is 0.494 e. The van der Waals surface area contributed by atoms with Gasteiger partial charge in [-0.3, -0.25) is 4.68 Å². The zero-order valence-electron chi connectivity index (χ0n) is 11.2. The Morgan fingerprint density at radius 1 is 1.47 bits per heavy atom. The maximum atomic E-state index is 13.1. The van der Waals surface area contributed by atoms with E-state index >= 15 is 0 Å². The molecule has 6 heteroatoms. The van der Waals surface area contributed by atoms with Crippen LogP contribution in [-0.4, -0.2) is 16.9 Å². The van der Waals surface area contributed by atoms with Gasteiger partial charge in [-0.05, 0) is 18.6 Å². The van der Waals surface area contributed by atoms with Gasteiger partial charge in [0.2, 0.25) is 0 Å². The monoisotopic (exact) mass is 264 g/mol. The number of nitrogen functional groups attached to an aromatic ring is 1. The molecule has 3 N–H and O–H groups in total. The van der Waals surface area contributed by atoms with Crippen LogP contribution in [0.1, 0.15) is 12.6 Å². The first-order valence-electron chi connectivity index (χ1n) is 5.98. The lowest BCUT2D eigenvalue weighted by atomic mass is 10.2. The molecule has 1 heterocycles. The van der Waals surface area contributed by atoms with Crippen molar-refractivity contribution in [2.45, 2.75) is 13.3 Å². The number of ether oxygens (including phenoxy) is 1. The van der Waals surface area contributed by atoms with Crippen LogP contribution in [0.25, 0.3) is 0 Å². The van der Waals surface area contributed by atoms with Crippen LogP contribution in [0.5, 0.6) is 5.75 Å². The molecule has 2 rings (SSSR count). The van der Waals surface area contributed by atoms with Crippen molar-refractivity contribution >= 4 is 17.2 Å². The molecule has 0 fully saturated rings. The highest BCUT2D eigenvalue weighted by atomic mass is 19.1. The highest BCUT2D eigenvalue weighted by Gasteiger charge is 2.14. The summed E-state index contributed by atoms with van der Waals surface area (Å²) in [6, 6.07) is 4.28. The summed E-state index contributed by atoms with van der Waals surface area (Å²) in [5.74, 6) is 0.732. The Kier molecular flexibility index (Phi) is 3.59. The number of aryl methyl sites for hydroxylation is 2. The van der Waals surface area contributed by atoms with Gasteiger partial charge >= 0.3 is 0 Å². The maximum Gasteiger partial charge on any atom is 0.152 e. The van der Waals surface area contributed by atoms with Crippen molar-refractivity contribution < 1.29 is 9.13 Å². The molecular formula is C13H17FN4O. The van der Waals surface area contributed by atoms with E-state index in [1.807, 2.05) is 6.92 Å². The Morgan fingerprint density at radius 2 is 2.21 bits per heavy atom. The Labute approximate surface area is 111 Å². The lowest BCUT2D eigenvalue weighted by Crippen LogP contribution is -2.03. The molecule has 0 atom stereocenters. The van der Waals surface area contributed by atoms with Gasteiger partial charge in [0.15, 0.2) is 5.82 Å². The molecule has 0 aliphatic heterocycles. The third kappa shape index (κ3) is 2.47. The van der Waals surface area contributed by atoms with Crippen molar-refractivity contribution in [1.82, 2.24) is 9.78 Å². The van der Waals surface area contributed by atoms with Gasteiger partial charge in [-0.2, -0.15) is 5.10 Å². The summed E-state index contributed by atoms with van der Waals surface area (Å²) >= 11 is 0. The van der Waals surface area contributed by atoms with Crippen LogP contribution in [0.3, 0.4) is 0 Å². The van der Waals surface area contributed by atoms with E-state index in [0.29, 0.717) is 22.9 Å². The molecule has 2 aromatic rings. The molecule has 0 amide bonds. The van der Waals surface area contributed by atoms with E-state index in [4.69, 9.17) is 10.5 Å². The molecule has 5 nitrogen and oxygen atoms in total. The first-order valence-corrected chi connectivity index (χ1v) is 5.98. The van der Waals surface area contributed by atoms with Gasteiger partial charge in [0.25, 0.3) is 0 Å². The second-order valence-corrected chi connectivity index (χ2v) is 4.16. The Bertz CT molecular complexity index is 595. The number of hydrogen-bond donors (Lipinski definition) is 2. The first kappa shape index (κ1) is 13.2. The Morgan fingerprint density at radius 3 is 2.79 bits per heavy atom. The highest BCUT2D eigenvalue weighted by molar-refractivity contribution is 5.74. The van der Waals surface area contributed by atoms with Crippen molar-refractivity contribution in [3.05, 3.63) is 29.7 Å². The molecule has 0 unspecified atom stereocenters. The van der Waals surface area contributed by atoms with Crippen LogP contribution < -0.4 is 15.8 Å². The minimum atomic E-state index is -0.352. The third-order valence-corrected chi connectivity index (χ3v) is 2.91. The Hall–Kier alpha value is -2.24. The molecule has 0 saturated carbocycles. The minimum absolute atomic E-state index is 0.352. The van der Waals surface area contributed by atoms with Crippen LogP contribution in [0.4, 0.5) is 21.6 Å². The second kappa shape index (κ2) is 5.17. The van der Waals surface area contributed by atoms with Gasteiger partial charge in [-0.1, -0.05) is 6.92 Å². The zero-order valence-corrected chi connectivity index (χ0v) is 11.2. The summed E-state index contributed by atoms with van der Waals surface area (Å²) in [4.78, 5) is 0. The summed E-state index contributed by atoms with van der Waals surface area (Å²) < 4.78 is 19.9. The smallest absolute Gasteiger partial charge is 0.152 e. The number of hydrogen-bond acceptors (Lipinski definition) is 4. The fraction of sp³-hybridized carbons (Fsp3) is 0.308. The molecule has 0 aliphatic rings. The summed E-state index contributed by atoms with van der Waals surface area (Å²) in [5.41, 5.74) is 8.08. The fourth-order valence-corrected chi connectivity index (χ4v) is 1.90. The van der Waals surface area contributed by atoms with E-state index in [0.717, 1.165) is 12.1 Å². The molecule has 102 valence electrons. The van der Waals surface area contributed by atoms with Gasteiger partial charge in [0.1, 0.15) is 11.6 Å². The number of nitrogens with zero attached hydrogens (tertiary/aromatic N) is 2. The Balaban J connectivity index is 2.39. The fourth-order valence-electron chi connectivity index (χ4n) is 1.90. The number of rotatable bonds is 4. The van der Waals surface area contributed by atoms with Crippen LogP contribution in [-0.2, 0) is 13.5 Å². The van der Waals surface area contributed by atoms with Gasteiger partial charge in [-0.25, -0.2) is 4.39 Å². The molecule has 1 aromatic carbocycles. The van der Waals surface area contributed by atoms with E-state index in [9.17, 15) is 4.39 Å². The topological polar surface area (TPSA) is 65.1 Å². The maximum absolute atomic E-state index is 13.1. The highest BCUT2D eigenvalue weighted by Crippen LogP contribution is 2.31. The molecular weight excluding hydrogens is 247 g/mol. The van der Waals surface area contributed by atoms with E-state index in [1.54, 1.807) is 17.8 Å². The summed E-state index contributed by atoms with van der Waals surface area (Å²) in [6.45, 7) is 1.99. The number of aromatic nitrogens is 2. The quantitative estimate of drug-likeness (QED) is 0.890. The van der Waals surface area contributed by atoms with Crippen LogP contribution in [0.15, 0.2) is 18.2 Å². The normalized spacial score (nSPS) is 10.5. The van der Waals surface area contributed by atoms with E-state index in [1.165, 1.54) is 19.2 Å². The average molecular weight is 264 g/mol. The van der Waals surface area contributed by atoms with Gasteiger partial charge in [0, 0.05) is 13.1 Å². The van der Waals surface area contributed by atoms with Crippen molar-refractivity contribution in [1.29, 1.82) is 0 Å². The lowest BCUT2D eigenvalue weighted by molar-refractivity contribution is 0.413. The number of nitrogens with one attached hydrogen (secondary N) is 1. The molecule has 19 heavy (non-hydrogen) atoms. The van der Waals surface area contributed by atoms with E-state index < -0.39 is 0 Å². The number of methoxy groups -OCH3 is 1. The number of anilines is 3. The van der Waals surface area contributed by atoms with Gasteiger partial charge in [-0.15, -0.1) is 0 Å². The van der Waals surface area contributed by atoms with Crippen molar-refractivity contribution in [3.63, 3.8) is 0 Å². The van der Waals surface area contributed by atoms with Gasteiger partial charge < -0.3 is 15.8 Å². The standard InChI is InChI=1S/C13H17FN4O/c1-4-9-12(15)13(18(2)17-9)16-10-6-5-8(14)7-11(10)19-3/h5-7,16H,4,15H2,1-3H3.